The number of nitrogens with zero attached hydrogens (tertiary/aromatic N) is 2. The number of alkyl carbamates (subject to hydrolysis) is 1. The molecule has 0 aromatic carbocycles. The lowest BCUT2D eigenvalue weighted by Gasteiger charge is -2.48. The Morgan fingerprint density at radius 2 is 1.70 bits per heavy atom. The maximum Gasteiger partial charge on any atom is 0.407 e. The number of hydrogen-bond donors (Lipinski definition) is 6. The number of aliphatic hydroxyl groups excluding tert-OH is 2. The molecule has 3 aliphatic rings. The molecule has 0 aliphatic carbocycles. The number of cyclic esters (lactones) is 1. The van der Waals surface area contributed by atoms with Crippen LogP contribution in [-0.4, -0.2) is 160 Å². The van der Waals surface area contributed by atoms with Gasteiger partial charge in [-0.1, -0.05) is 26.8 Å². The number of likely N-dealkylation sites (N-methyl/N-ethyl adjacent to an activating group) is 1. The van der Waals surface area contributed by atoms with Crippen molar-refractivity contribution in [2.24, 2.45) is 17.8 Å². The van der Waals surface area contributed by atoms with E-state index in [1.54, 1.807) is 72.9 Å². The number of amides is 1. The highest BCUT2D eigenvalue weighted by Crippen LogP contribution is 2.40. The summed E-state index contributed by atoms with van der Waals surface area (Å²) in [7, 11) is 5.25. The summed E-state index contributed by atoms with van der Waals surface area (Å²) in [6, 6.07) is 4.35. The predicted octanol–water partition coefficient (Wildman–Crippen LogP) is 2.89. The van der Waals surface area contributed by atoms with Gasteiger partial charge < -0.3 is 69.1 Å². The second-order valence-electron chi connectivity index (χ2n) is 18.7. The maximum atomic E-state index is 14.6. The lowest BCUT2D eigenvalue weighted by molar-refractivity contribution is -0.318. The number of hydrogen-bond acceptors (Lipinski definition) is 16. The molecule has 0 unspecified atom stereocenters. The summed E-state index contributed by atoms with van der Waals surface area (Å²) in [4.78, 5) is 34.1. The zero-order chi connectivity index (χ0) is 45.6. The van der Waals surface area contributed by atoms with Gasteiger partial charge in [0, 0.05) is 37.7 Å². The van der Waals surface area contributed by atoms with Gasteiger partial charge in [-0.15, -0.1) is 0 Å². The topological polar surface area (TPSA) is 220 Å². The highest BCUT2D eigenvalue weighted by Gasteiger charge is 2.53. The highest BCUT2D eigenvalue weighted by atomic mass is 16.7. The van der Waals surface area contributed by atoms with Gasteiger partial charge in [-0.2, -0.15) is 0 Å². The first-order valence-electron chi connectivity index (χ1n) is 21.9. The molecule has 4 heterocycles. The first-order chi connectivity index (χ1) is 28.4. The van der Waals surface area contributed by atoms with Crippen LogP contribution in [-0.2, 0) is 44.5 Å². The number of aliphatic hydroxyl groups is 4. The zero-order valence-electron chi connectivity index (χ0n) is 38.6. The minimum Gasteiger partial charge on any atom is -0.459 e. The summed E-state index contributed by atoms with van der Waals surface area (Å²) in [6.07, 6.45) is -7.96. The van der Waals surface area contributed by atoms with E-state index in [1.807, 2.05) is 32.8 Å². The summed E-state index contributed by atoms with van der Waals surface area (Å²) in [6.45, 7) is 17.8. The van der Waals surface area contributed by atoms with Crippen LogP contribution in [0.1, 0.15) is 101 Å². The van der Waals surface area contributed by atoms with Crippen LogP contribution in [0.15, 0.2) is 24.4 Å². The number of rotatable bonds is 10. The summed E-state index contributed by atoms with van der Waals surface area (Å²) in [5.41, 5.74) is -3.98. The molecule has 1 aromatic heterocycles. The molecule has 18 atom stereocenters. The van der Waals surface area contributed by atoms with Gasteiger partial charge in [0.25, 0.3) is 0 Å². The van der Waals surface area contributed by atoms with Gasteiger partial charge in [0.05, 0.1) is 53.8 Å². The highest BCUT2D eigenvalue weighted by molar-refractivity contribution is 5.73. The van der Waals surface area contributed by atoms with Crippen molar-refractivity contribution >= 4 is 12.1 Å². The Hall–Kier alpha value is -2.55. The molecule has 0 bridgehead atoms. The van der Waals surface area contributed by atoms with Gasteiger partial charge in [-0.25, -0.2) is 4.79 Å². The lowest BCUT2D eigenvalue weighted by Crippen LogP contribution is -2.61. The van der Waals surface area contributed by atoms with Crippen molar-refractivity contribution in [3.05, 3.63) is 30.1 Å². The molecule has 61 heavy (non-hydrogen) atoms. The summed E-state index contributed by atoms with van der Waals surface area (Å²) in [5.74, 6) is -2.85. The quantitative estimate of drug-likeness (QED) is 0.186. The van der Waals surface area contributed by atoms with Crippen LogP contribution >= 0.6 is 0 Å². The average Bonchev–Trinajstić information content (AvgIpc) is 3.20. The van der Waals surface area contributed by atoms with E-state index in [9.17, 15) is 30.0 Å². The van der Waals surface area contributed by atoms with Crippen LogP contribution < -0.4 is 10.6 Å². The SMILES string of the molecule is CC[C@@H]1OC(=O)[C@H](C)[C@@H](O[C@H]2C[C@@](C)(OC)[C@@H](O)[C@H](C)O2)[C@H](C)[C@@H](O[C@@H]2O[C@H](C)C[C@H](N(C)C)[C@H]2O)[C@](C)(O)C[C@@H](C)CN[C@@H](C)[C@@H](OC(=O)NCc2ccccn2)[C@]1(C)O. The number of ether oxygens (including phenoxy) is 7. The first-order valence-corrected chi connectivity index (χ1v) is 21.9. The van der Waals surface area contributed by atoms with Gasteiger partial charge >= 0.3 is 12.1 Å². The number of pyridine rings is 1. The van der Waals surface area contributed by atoms with Crippen molar-refractivity contribution in [3.63, 3.8) is 0 Å². The first kappa shape index (κ1) is 51.1. The largest absolute Gasteiger partial charge is 0.459 e. The van der Waals surface area contributed by atoms with E-state index >= 15 is 0 Å². The molecule has 17 nitrogen and oxygen atoms in total. The molecule has 1 aromatic rings. The zero-order valence-corrected chi connectivity index (χ0v) is 38.6. The Bertz CT molecular complexity index is 1540. The van der Waals surface area contributed by atoms with E-state index in [-0.39, 0.29) is 43.9 Å². The normalized spacial score (nSPS) is 43.4. The van der Waals surface area contributed by atoms with Crippen molar-refractivity contribution in [2.45, 2.75) is 192 Å². The molecule has 17 heteroatoms. The number of esters is 1. The average molecular weight is 869 g/mol. The smallest absolute Gasteiger partial charge is 0.407 e. The predicted molar refractivity (Wildman–Crippen MR) is 225 cm³/mol. The summed E-state index contributed by atoms with van der Waals surface area (Å²) >= 11 is 0. The fourth-order valence-electron chi connectivity index (χ4n) is 9.39. The van der Waals surface area contributed by atoms with E-state index in [2.05, 4.69) is 15.6 Å². The van der Waals surface area contributed by atoms with Crippen molar-refractivity contribution in [1.82, 2.24) is 20.5 Å². The Labute approximate surface area is 362 Å². The number of methoxy groups -OCH3 is 1. The van der Waals surface area contributed by atoms with Crippen LogP contribution in [0.2, 0.25) is 0 Å². The van der Waals surface area contributed by atoms with Crippen molar-refractivity contribution in [3.8, 4) is 0 Å². The van der Waals surface area contributed by atoms with Crippen molar-refractivity contribution in [1.29, 1.82) is 0 Å². The van der Waals surface area contributed by atoms with E-state index in [0.29, 0.717) is 18.7 Å². The monoisotopic (exact) mass is 869 g/mol. The van der Waals surface area contributed by atoms with Gasteiger partial charge in [-0.05, 0) is 106 Å². The molecule has 350 valence electrons. The van der Waals surface area contributed by atoms with E-state index in [4.69, 9.17) is 33.2 Å². The number of carbonyl (C=O) groups excluding carboxylic acids is 2. The third-order valence-corrected chi connectivity index (χ3v) is 13.0. The lowest BCUT2D eigenvalue weighted by atomic mass is 9.77. The van der Waals surface area contributed by atoms with Crippen LogP contribution in [0.4, 0.5) is 4.79 Å². The number of carbonyl (C=O) groups is 2. The van der Waals surface area contributed by atoms with E-state index in [1.165, 1.54) is 14.0 Å². The molecule has 4 rings (SSSR count). The van der Waals surface area contributed by atoms with Crippen LogP contribution in [0.5, 0.6) is 0 Å². The third kappa shape index (κ3) is 12.6. The fourth-order valence-corrected chi connectivity index (χ4v) is 9.39. The Morgan fingerprint density at radius 1 is 1.02 bits per heavy atom. The summed E-state index contributed by atoms with van der Waals surface area (Å²) < 4.78 is 43.9. The molecule has 0 radical (unpaired) electrons. The molecule has 3 aliphatic heterocycles. The minimum atomic E-state index is -1.91. The molecule has 6 N–H and O–H groups in total. The van der Waals surface area contributed by atoms with Crippen LogP contribution in [0.3, 0.4) is 0 Å². The molecule has 3 saturated heterocycles. The van der Waals surface area contributed by atoms with Gasteiger partial charge in [0.2, 0.25) is 0 Å². The second kappa shape index (κ2) is 21.4. The molecule has 1 amide bonds. The molecule has 0 saturated carbocycles. The molecule has 3 fully saturated rings. The molecule has 0 spiro atoms. The minimum absolute atomic E-state index is 0.0819. The Morgan fingerprint density at radius 3 is 2.31 bits per heavy atom. The second-order valence-corrected chi connectivity index (χ2v) is 18.7. The van der Waals surface area contributed by atoms with Crippen molar-refractivity contribution < 1.29 is 63.2 Å². The third-order valence-electron chi connectivity index (χ3n) is 13.0. The van der Waals surface area contributed by atoms with Crippen LogP contribution in [0.25, 0.3) is 0 Å². The Balaban J connectivity index is 1.77. The van der Waals surface area contributed by atoms with Gasteiger partial charge in [0.1, 0.15) is 23.9 Å². The van der Waals surface area contributed by atoms with E-state index in [0.717, 1.165) is 0 Å². The fraction of sp³-hybridized carbons (Fsp3) is 0.841. The standard InChI is InChI=1S/C44H76N4O13/c1-14-32-44(10,54)38(61-41(52)47-23-30-17-15-16-18-45-30)28(6)46-22-24(2)20-42(8,53)37(60-40-34(49)31(48(11)12)19-25(3)56-40)26(4)35(27(5)39(51)58-32)59-33-21-43(9,55-13)36(50)29(7)57-33/h15-18,24-29,31-38,40,46,49-50,53-54H,14,19-23H2,1-13H3,(H,47,52)/t24-,25-,26+,27-,28+,29+,31+,32+,33+,34-,35+,36+,37-,38-,40+,42-,43-,44-/m1/s1. The Kier molecular flexibility index (Phi) is 17.9. The summed E-state index contributed by atoms with van der Waals surface area (Å²) in [5, 5.41) is 53.7. The number of aromatic nitrogens is 1. The van der Waals surface area contributed by atoms with E-state index < -0.39 is 102 Å². The molecular weight excluding hydrogens is 792 g/mol. The van der Waals surface area contributed by atoms with Crippen molar-refractivity contribution in [2.75, 3.05) is 27.7 Å². The number of nitrogens with one attached hydrogen (secondary N) is 2. The van der Waals surface area contributed by atoms with Gasteiger partial charge in [-0.3, -0.25) is 9.78 Å². The maximum absolute atomic E-state index is 14.6. The van der Waals surface area contributed by atoms with Crippen LogP contribution in [0, 0.1) is 17.8 Å². The molecular formula is C44H76N4O13. The van der Waals surface area contributed by atoms with Gasteiger partial charge in [0.15, 0.2) is 18.7 Å².